The first-order valence-electron chi connectivity index (χ1n) is 13.2. The van der Waals surface area contributed by atoms with Gasteiger partial charge in [-0.25, -0.2) is 8.42 Å². The minimum absolute atomic E-state index is 0.0257. The summed E-state index contributed by atoms with van der Waals surface area (Å²) in [5, 5.41) is 3.63. The fourth-order valence-corrected chi connectivity index (χ4v) is 5.93. The van der Waals surface area contributed by atoms with E-state index in [0.717, 1.165) is 9.87 Å². The number of carbonyl (C=O) groups is 2. The Hall–Kier alpha value is -3.07. The van der Waals surface area contributed by atoms with Crippen molar-refractivity contribution in [1.29, 1.82) is 0 Å². The molecule has 0 unspecified atom stereocenters. The van der Waals surface area contributed by atoms with Crippen molar-refractivity contribution in [2.75, 3.05) is 23.9 Å². The summed E-state index contributed by atoms with van der Waals surface area (Å²) in [5.41, 5.74) is 1.23. The van der Waals surface area contributed by atoms with Crippen LogP contribution in [0.5, 0.6) is 0 Å². The van der Waals surface area contributed by atoms with E-state index in [4.69, 9.17) is 23.2 Å². The molecule has 214 valence electrons. The molecule has 3 aromatic carbocycles. The second-order valence-electron chi connectivity index (χ2n) is 9.83. The van der Waals surface area contributed by atoms with Crippen LogP contribution < -0.4 is 9.62 Å². The van der Waals surface area contributed by atoms with Crippen molar-refractivity contribution < 1.29 is 18.0 Å². The zero-order valence-corrected chi connectivity index (χ0v) is 25.2. The van der Waals surface area contributed by atoms with Crippen molar-refractivity contribution in [2.24, 2.45) is 5.92 Å². The number of nitrogens with zero attached hydrogens (tertiary/aromatic N) is 2. The first kappa shape index (κ1) is 31.5. The molecular formula is C30H35Cl2N3O4S. The number of hydrogen-bond donors (Lipinski definition) is 1. The van der Waals surface area contributed by atoms with E-state index in [9.17, 15) is 18.0 Å². The van der Waals surface area contributed by atoms with E-state index >= 15 is 0 Å². The molecule has 1 atom stereocenters. The van der Waals surface area contributed by atoms with Crippen LogP contribution in [-0.2, 0) is 26.0 Å². The molecule has 3 aromatic rings. The predicted molar refractivity (Wildman–Crippen MR) is 161 cm³/mol. The Bertz CT molecular complexity index is 1380. The second-order valence-corrected chi connectivity index (χ2v) is 12.6. The minimum Gasteiger partial charge on any atom is -0.354 e. The third-order valence-electron chi connectivity index (χ3n) is 6.33. The summed E-state index contributed by atoms with van der Waals surface area (Å²) in [6, 6.07) is 20.9. The van der Waals surface area contributed by atoms with Crippen LogP contribution in [0.4, 0.5) is 5.69 Å². The third-order valence-corrected chi connectivity index (χ3v) is 8.61. The molecule has 7 nitrogen and oxygen atoms in total. The number of halogens is 2. The molecule has 0 aliphatic carbocycles. The lowest BCUT2D eigenvalue weighted by molar-refractivity contribution is -0.139. The maximum atomic E-state index is 14.0. The van der Waals surface area contributed by atoms with Gasteiger partial charge >= 0.3 is 0 Å². The molecule has 10 heteroatoms. The lowest BCUT2D eigenvalue weighted by Gasteiger charge is -2.33. The molecule has 0 spiro atoms. The van der Waals surface area contributed by atoms with Gasteiger partial charge in [0.05, 0.1) is 10.6 Å². The van der Waals surface area contributed by atoms with Crippen molar-refractivity contribution in [3.8, 4) is 0 Å². The van der Waals surface area contributed by atoms with Gasteiger partial charge in [-0.1, -0.05) is 80.4 Å². The lowest BCUT2D eigenvalue weighted by atomic mass is 10.1. The van der Waals surface area contributed by atoms with Gasteiger partial charge in [0.25, 0.3) is 10.0 Å². The molecule has 3 rings (SSSR count). The maximum Gasteiger partial charge on any atom is 0.264 e. The Labute approximate surface area is 247 Å². The number of rotatable bonds is 13. The third kappa shape index (κ3) is 8.46. The van der Waals surface area contributed by atoms with Gasteiger partial charge in [0, 0.05) is 23.1 Å². The Morgan fingerprint density at radius 1 is 0.900 bits per heavy atom. The molecular weight excluding hydrogens is 569 g/mol. The standard InChI is InChI=1S/C30H35Cl2N3O4S/c1-4-28(30(37)33-20-22(2)3)34(18-17-23-9-6-5-7-10-23)29(36)21-35(26-12-8-11-25(32)19-26)40(38,39)27-15-13-24(31)14-16-27/h5-16,19,22,28H,4,17-18,20-21H2,1-3H3,(H,33,37)/t28-/m1/s1. The normalized spacial score (nSPS) is 12.2. The van der Waals surface area contributed by atoms with E-state index in [2.05, 4.69) is 5.32 Å². The number of anilines is 1. The van der Waals surface area contributed by atoms with Gasteiger partial charge in [-0.3, -0.25) is 13.9 Å². The molecule has 0 aliphatic heterocycles. The summed E-state index contributed by atoms with van der Waals surface area (Å²) in [5.74, 6) is -0.537. The molecule has 0 fully saturated rings. The highest BCUT2D eigenvalue weighted by atomic mass is 35.5. The molecule has 0 bridgehead atoms. The molecule has 1 N–H and O–H groups in total. The van der Waals surface area contributed by atoms with E-state index in [1.165, 1.54) is 35.2 Å². The summed E-state index contributed by atoms with van der Waals surface area (Å²) < 4.78 is 28.7. The van der Waals surface area contributed by atoms with Crippen LogP contribution in [0.2, 0.25) is 10.0 Å². The molecule has 0 radical (unpaired) electrons. The predicted octanol–water partition coefficient (Wildman–Crippen LogP) is 5.81. The van der Waals surface area contributed by atoms with Gasteiger partial charge < -0.3 is 10.2 Å². The van der Waals surface area contributed by atoms with Crippen LogP contribution in [0.3, 0.4) is 0 Å². The lowest BCUT2D eigenvalue weighted by Crippen LogP contribution is -2.53. The van der Waals surface area contributed by atoms with Crippen LogP contribution in [0.1, 0.15) is 32.8 Å². The average molecular weight is 605 g/mol. The Balaban J connectivity index is 1.99. The van der Waals surface area contributed by atoms with Crippen molar-refractivity contribution in [1.82, 2.24) is 10.2 Å². The molecule has 0 aliphatic rings. The van der Waals surface area contributed by atoms with Crippen LogP contribution in [0.25, 0.3) is 0 Å². The first-order valence-corrected chi connectivity index (χ1v) is 15.4. The van der Waals surface area contributed by atoms with Crippen LogP contribution in [-0.4, -0.2) is 50.8 Å². The number of carbonyl (C=O) groups excluding carboxylic acids is 2. The second kappa shape index (κ2) is 14.5. The topological polar surface area (TPSA) is 86.8 Å². The summed E-state index contributed by atoms with van der Waals surface area (Å²) in [6.07, 6.45) is 0.868. The van der Waals surface area contributed by atoms with Gasteiger partial charge in [-0.2, -0.15) is 0 Å². The summed E-state index contributed by atoms with van der Waals surface area (Å²) >= 11 is 12.2. The molecule has 0 aromatic heterocycles. The monoisotopic (exact) mass is 603 g/mol. The molecule has 0 saturated heterocycles. The summed E-state index contributed by atoms with van der Waals surface area (Å²) in [7, 11) is -4.19. The van der Waals surface area contributed by atoms with E-state index in [1.807, 2.05) is 51.1 Å². The number of sulfonamides is 1. The molecule has 40 heavy (non-hydrogen) atoms. The zero-order chi connectivity index (χ0) is 29.3. The number of nitrogens with one attached hydrogen (secondary N) is 1. The largest absolute Gasteiger partial charge is 0.354 e. The van der Waals surface area contributed by atoms with Crippen molar-refractivity contribution in [3.05, 3.63) is 94.5 Å². The molecule has 0 saturated carbocycles. The van der Waals surface area contributed by atoms with E-state index < -0.39 is 28.5 Å². The van der Waals surface area contributed by atoms with E-state index in [-0.39, 0.29) is 29.0 Å². The highest BCUT2D eigenvalue weighted by Crippen LogP contribution is 2.27. The maximum absolute atomic E-state index is 14.0. The van der Waals surface area contributed by atoms with Crippen LogP contribution in [0.15, 0.2) is 83.8 Å². The highest BCUT2D eigenvalue weighted by Gasteiger charge is 2.33. The summed E-state index contributed by atoms with van der Waals surface area (Å²) in [4.78, 5) is 28.7. The van der Waals surface area contributed by atoms with Crippen LogP contribution >= 0.6 is 23.2 Å². The Morgan fingerprint density at radius 3 is 2.17 bits per heavy atom. The van der Waals surface area contributed by atoms with E-state index in [1.54, 1.807) is 18.2 Å². The Kier molecular flexibility index (Phi) is 11.4. The van der Waals surface area contributed by atoms with Crippen molar-refractivity contribution >= 4 is 50.7 Å². The van der Waals surface area contributed by atoms with E-state index in [0.29, 0.717) is 29.4 Å². The van der Waals surface area contributed by atoms with Gasteiger partial charge in [-0.15, -0.1) is 0 Å². The quantitative estimate of drug-likeness (QED) is 0.267. The van der Waals surface area contributed by atoms with Gasteiger partial charge in [-0.05, 0) is 66.8 Å². The molecule has 0 heterocycles. The van der Waals surface area contributed by atoms with Crippen molar-refractivity contribution in [2.45, 2.75) is 44.6 Å². The highest BCUT2D eigenvalue weighted by molar-refractivity contribution is 7.92. The SMILES string of the molecule is CC[C@H](C(=O)NCC(C)C)N(CCc1ccccc1)C(=O)CN(c1cccc(Cl)c1)S(=O)(=O)c1ccc(Cl)cc1. The van der Waals surface area contributed by atoms with Gasteiger partial charge in [0.1, 0.15) is 12.6 Å². The van der Waals surface area contributed by atoms with Gasteiger partial charge in [0.2, 0.25) is 11.8 Å². The average Bonchev–Trinajstić information content (AvgIpc) is 2.93. The van der Waals surface area contributed by atoms with Gasteiger partial charge in [0.15, 0.2) is 0 Å². The number of amides is 2. The smallest absolute Gasteiger partial charge is 0.264 e. The number of hydrogen-bond acceptors (Lipinski definition) is 4. The number of benzene rings is 3. The Morgan fingerprint density at radius 2 is 1.57 bits per heavy atom. The van der Waals surface area contributed by atoms with Crippen molar-refractivity contribution in [3.63, 3.8) is 0 Å². The molecule has 2 amide bonds. The summed E-state index contributed by atoms with van der Waals surface area (Å²) in [6.45, 7) is 6.00. The fraction of sp³-hybridized carbons (Fsp3) is 0.333. The first-order chi connectivity index (χ1) is 19.0. The zero-order valence-electron chi connectivity index (χ0n) is 22.9. The minimum atomic E-state index is -4.19. The van der Waals surface area contributed by atoms with Crippen LogP contribution in [0, 0.1) is 5.92 Å². The fourth-order valence-electron chi connectivity index (χ4n) is 4.21.